The molecule has 3 rings (SSSR count). The van der Waals surface area contributed by atoms with Gasteiger partial charge in [0.1, 0.15) is 18.0 Å². The van der Waals surface area contributed by atoms with Gasteiger partial charge >= 0.3 is 0 Å². The number of aliphatic imine (C=N–C) groups is 1. The topological polar surface area (TPSA) is 68.2 Å². The number of anilines is 1. The van der Waals surface area contributed by atoms with Crippen molar-refractivity contribution in [1.82, 2.24) is 0 Å². The van der Waals surface area contributed by atoms with E-state index < -0.39 is 10.0 Å². The van der Waals surface area contributed by atoms with Crippen molar-refractivity contribution in [3.63, 3.8) is 0 Å². The normalized spacial score (nSPS) is 15.7. The molecule has 1 atom stereocenters. The van der Waals surface area contributed by atoms with Crippen LogP contribution in [0.25, 0.3) is 0 Å². The summed E-state index contributed by atoms with van der Waals surface area (Å²) in [6, 6.07) is 10.3. The smallest absolute Gasteiger partial charge is 0.264 e. The molecule has 1 aliphatic rings. The first-order valence-corrected chi connectivity index (χ1v) is 11.1. The van der Waals surface area contributed by atoms with E-state index in [1.165, 1.54) is 18.5 Å². The number of methoxy groups -OCH3 is 1. The monoisotopic (exact) mass is 418 g/mol. The minimum absolute atomic E-state index is 0.0245. The molecule has 7 heteroatoms. The number of nitrogens with zero attached hydrogens (tertiary/aromatic N) is 2. The maximum atomic E-state index is 13.2. The van der Waals surface area contributed by atoms with E-state index in [1.54, 1.807) is 30.3 Å². The van der Waals surface area contributed by atoms with Crippen molar-refractivity contribution < 1.29 is 17.9 Å². The van der Waals surface area contributed by atoms with Gasteiger partial charge in [0.15, 0.2) is 0 Å². The molecule has 0 radical (unpaired) electrons. The second-order valence-corrected chi connectivity index (χ2v) is 8.60. The summed E-state index contributed by atoms with van der Waals surface area (Å²) < 4.78 is 39.0. The third kappa shape index (κ3) is 4.40. The van der Waals surface area contributed by atoms with Crippen LogP contribution < -0.4 is 9.04 Å². The van der Waals surface area contributed by atoms with Crippen molar-refractivity contribution in [2.45, 2.75) is 45.6 Å². The lowest BCUT2D eigenvalue weighted by molar-refractivity contribution is 0.324. The van der Waals surface area contributed by atoms with Crippen LogP contribution in [0.3, 0.4) is 0 Å². The van der Waals surface area contributed by atoms with Crippen LogP contribution in [0.1, 0.15) is 37.5 Å². The molecule has 0 aromatic heterocycles. The van der Waals surface area contributed by atoms with Crippen LogP contribution in [0.2, 0.25) is 0 Å². The van der Waals surface area contributed by atoms with E-state index in [-0.39, 0.29) is 10.9 Å². The van der Waals surface area contributed by atoms with Gasteiger partial charge in [-0.3, -0.25) is 4.31 Å². The van der Waals surface area contributed by atoms with Gasteiger partial charge in [-0.15, -0.1) is 0 Å². The first-order chi connectivity index (χ1) is 13.8. The third-order valence-corrected chi connectivity index (χ3v) is 6.48. The van der Waals surface area contributed by atoms with Crippen LogP contribution in [0, 0.1) is 13.8 Å². The van der Waals surface area contributed by atoms with Gasteiger partial charge in [0, 0.05) is 7.05 Å². The van der Waals surface area contributed by atoms with E-state index in [2.05, 4.69) is 4.99 Å². The number of aryl methyl sites for hydroxylation is 1. The Morgan fingerprint density at radius 1 is 1.17 bits per heavy atom. The summed E-state index contributed by atoms with van der Waals surface area (Å²) in [5.74, 6) is 0.937. The molecule has 158 valence electrons. The molecule has 0 bridgehead atoms. The Morgan fingerprint density at radius 2 is 1.79 bits per heavy atom. The molecule has 0 N–H and O–H groups in total. The minimum Gasteiger partial charge on any atom is -0.494 e. The molecule has 0 unspecified atom stereocenters. The van der Waals surface area contributed by atoms with Gasteiger partial charge in [0.25, 0.3) is 10.0 Å². The van der Waals surface area contributed by atoms with Gasteiger partial charge in [-0.1, -0.05) is 32.0 Å². The van der Waals surface area contributed by atoms with Gasteiger partial charge in [0.05, 0.1) is 23.6 Å². The molecule has 0 fully saturated rings. The second kappa shape index (κ2) is 9.31. The minimum atomic E-state index is -3.78. The Kier molecular flexibility index (Phi) is 7.30. The van der Waals surface area contributed by atoms with Crippen molar-refractivity contribution in [2.75, 3.05) is 25.1 Å². The van der Waals surface area contributed by atoms with E-state index in [9.17, 15) is 8.42 Å². The lowest BCUT2D eigenvalue weighted by Gasteiger charge is -2.26. The highest BCUT2D eigenvalue weighted by Crippen LogP contribution is 2.40. The van der Waals surface area contributed by atoms with Crippen molar-refractivity contribution in [3.8, 4) is 5.75 Å². The van der Waals surface area contributed by atoms with Gasteiger partial charge in [0.2, 0.25) is 5.90 Å². The highest BCUT2D eigenvalue weighted by Gasteiger charge is 2.31. The Labute approximate surface area is 174 Å². The molecule has 1 heterocycles. The van der Waals surface area contributed by atoms with Gasteiger partial charge in [-0.05, 0) is 50.1 Å². The van der Waals surface area contributed by atoms with Crippen molar-refractivity contribution >= 4 is 21.6 Å². The zero-order valence-corrected chi connectivity index (χ0v) is 19.0. The quantitative estimate of drug-likeness (QED) is 0.725. The molecule has 0 aliphatic carbocycles. The molecule has 29 heavy (non-hydrogen) atoms. The number of ether oxygens (including phenoxy) is 2. The van der Waals surface area contributed by atoms with E-state index in [0.29, 0.717) is 29.5 Å². The number of hydrogen-bond acceptors (Lipinski definition) is 5. The van der Waals surface area contributed by atoms with Crippen molar-refractivity contribution in [1.29, 1.82) is 0 Å². The van der Waals surface area contributed by atoms with E-state index >= 15 is 0 Å². The Balaban J connectivity index is 0.00000145. The largest absolute Gasteiger partial charge is 0.494 e. The maximum absolute atomic E-state index is 13.2. The predicted molar refractivity (Wildman–Crippen MR) is 118 cm³/mol. The van der Waals surface area contributed by atoms with Crippen LogP contribution >= 0.6 is 0 Å². The Hall–Kier alpha value is -2.54. The van der Waals surface area contributed by atoms with Crippen LogP contribution in [0.4, 0.5) is 5.69 Å². The standard InChI is InChI=1S/C20H24N2O4S.C2H6/c1-13-11-17(20-21-14(2)12-26-20)18(19(25-5)15(13)3)22(4)27(23,24)16-9-7-6-8-10-16;1-2/h6-11,14H,12H2,1-5H3;1-2H3/t14-;/m0./s1. The Morgan fingerprint density at radius 3 is 2.31 bits per heavy atom. The molecule has 0 saturated carbocycles. The molecule has 1 aliphatic heterocycles. The summed E-state index contributed by atoms with van der Waals surface area (Å²) >= 11 is 0. The predicted octanol–water partition coefficient (Wildman–Crippen LogP) is 4.33. The number of rotatable bonds is 5. The van der Waals surface area contributed by atoms with Crippen LogP contribution in [0.5, 0.6) is 5.75 Å². The molecule has 0 amide bonds. The summed E-state index contributed by atoms with van der Waals surface area (Å²) in [6.07, 6.45) is 0. The van der Waals surface area contributed by atoms with Crippen LogP contribution in [0.15, 0.2) is 46.3 Å². The molecular weight excluding hydrogens is 388 g/mol. The van der Waals surface area contributed by atoms with E-state index in [4.69, 9.17) is 9.47 Å². The molecular formula is C22H30N2O4S. The molecule has 0 spiro atoms. The highest BCUT2D eigenvalue weighted by molar-refractivity contribution is 7.92. The average Bonchev–Trinajstić information content (AvgIpc) is 3.17. The zero-order chi connectivity index (χ0) is 21.8. The zero-order valence-electron chi connectivity index (χ0n) is 18.2. The van der Waals surface area contributed by atoms with E-state index in [1.807, 2.05) is 40.7 Å². The van der Waals surface area contributed by atoms with Crippen molar-refractivity contribution in [3.05, 3.63) is 53.1 Å². The number of sulfonamides is 1. The lowest BCUT2D eigenvalue weighted by Crippen LogP contribution is -2.29. The summed E-state index contributed by atoms with van der Waals surface area (Å²) in [7, 11) is -0.712. The molecule has 0 saturated heterocycles. The number of hydrogen-bond donors (Lipinski definition) is 0. The Bertz CT molecular complexity index is 986. The molecule has 6 nitrogen and oxygen atoms in total. The first-order valence-electron chi connectivity index (χ1n) is 9.70. The lowest BCUT2D eigenvalue weighted by atomic mass is 10.0. The van der Waals surface area contributed by atoms with Gasteiger partial charge in [-0.25, -0.2) is 13.4 Å². The molecule has 2 aromatic carbocycles. The van der Waals surface area contributed by atoms with Crippen LogP contribution in [-0.2, 0) is 14.8 Å². The third-order valence-electron chi connectivity index (χ3n) is 4.71. The SMILES string of the molecule is CC.COc1c(C)c(C)cc(C2=N[C@@H](C)CO2)c1N(C)S(=O)(=O)c1ccccc1. The van der Waals surface area contributed by atoms with Crippen molar-refractivity contribution in [2.24, 2.45) is 4.99 Å². The second-order valence-electron chi connectivity index (χ2n) is 6.63. The van der Waals surface area contributed by atoms with Gasteiger partial charge in [-0.2, -0.15) is 0 Å². The fraction of sp³-hybridized carbons (Fsp3) is 0.409. The highest BCUT2D eigenvalue weighted by atomic mass is 32.2. The average molecular weight is 419 g/mol. The van der Waals surface area contributed by atoms with Gasteiger partial charge < -0.3 is 9.47 Å². The fourth-order valence-electron chi connectivity index (χ4n) is 3.09. The maximum Gasteiger partial charge on any atom is 0.264 e. The van der Waals surface area contributed by atoms with E-state index in [0.717, 1.165) is 11.1 Å². The van der Waals surface area contributed by atoms with Crippen LogP contribution in [-0.4, -0.2) is 41.1 Å². The fourth-order valence-corrected chi connectivity index (χ4v) is 4.33. The summed E-state index contributed by atoms with van der Waals surface area (Å²) in [5.41, 5.74) is 2.89. The molecule has 2 aromatic rings. The summed E-state index contributed by atoms with van der Waals surface area (Å²) in [4.78, 5) is 4.73. The first kappa shape index (κ1) is 22.7. The summed E-state index contributed by atoms with van der Waals surface area (Å²) in [5, 5.41) is 0. The number of benzene rings is 2. The summed E-state index contributed by atoms with van der Waals surface area (Å²) in [6.45, 7) is 10.3.